The Morgan fingerprint density at radius 1 is 1.25 bits per heavy atom. The van der Waals surface area contributed by atoms with Crippen LogP contribution in [0.15, 0.2) is 0 Å². The number of hydrogen-bond donors (Lipinski definition) is 3. The summed E-state index contributed by atoms with van der Waals surface area (Å²) in [4.78, 5) is 11.4. The Kier molecular flexibility index (Phi) is 12.0. The molecule has 5 nitrogen and oxygen atoms in total. The maximum absolute atomic E-state index is 9.44. The molecule has 5 heteroatoms. The molecule has 0 aliphatic heterocycles. The van der Waals surface area contributed by atoms with E-state index >= 15 is 0 Å². The van der Waals surface area contributed by atoms with Gasteiger partial charge in [-0.05, 0) is 14.1 Å². The molecule has 0 saturated heterocycles. The van der Waals surface area contributed by atoms with Crippen molar-refractivity contribution in [3.8, 4) is 0 Å². The molecule has 0 spiro atoms. The third-order valence-corrected chi connectivity index (χ3v) is 0.873. The SMILES string of the molecule is CN(C)CCO.O=C(O)CCO. The van der Waals surface area contributed by atoms with Crippen molar-refractivity contribution < 1.29 is 20.1 Å². The summed E-state index contributed by atoms with van der Waals surface area (Å²) in [7, 11) is 3.85. The molecule has 0 aromatic rings. The first-order valence-corrected chi connectivity index (χ1v) is 3.62. The molecule has 0 aliphatic carbocycles. The molecule has 0 heterocycles. The van der Waals surface area contributed by atoms with Gasteiger partial charge in [-0.1, -0.05) is 0 Å². The van der Waals surface area contributed by atoms with E-state index in [0.717, 1.165) is 6.54 Å². The van der Waals surface area contributed by atoms with E-state index in [1.165, 1.54) is 0 Å². The third kappa shape index (κ3) is 22.8. The quantitative estimate of drug-likeness (QED) is 0.515. The summed E-state index contributed by atoms with van der Waals surface area (Å²) >= 11 is 0. The summed E-state index contributed by atoms with van der Waals surface area (Å²) in [6.45, 7) is 0.752. The number of aliphatic hydroxyl groups excluding tert-OH is 2. The standard InChI is InChI=1S/C4H11NO.C3H6O3/c1-5(2)3-4-6;4-2-1-3(5)6/h6H,3-4H2,1-2H3;4H,1-2H2,(H,5,6). The fourth-order valence-corrected chi connectivity index (χ4v) is 0.296. The van der Waals surface area contributed by atoms with Crippen LogP contribution in [0.1, 0.15) is 6.42 Å². The van der Waals surface area contributed by atoms with Gasteiger partial charge < -0.3 is 20.2 Å². The number of aliphatic carboxylic acids is 1. The van der Waals surface area contributed by atoms with Gasteiger partial charge >= 0.3 is 5.97 Å². The van der Waals surface area contributed by atoms with Crippen LogP contribution in [0.3, 0.4) is 0 Å². The molecule has 0 unspecified atom stereocenters. The van der Waals surface area contributed by atoms with E-state index in [0.29, 0.717) is 0 Å². The zero-order valence-electron chi connectivity index (χ0n) is 7.53. The number of likely N-dealkylation sites (N-methyl/N-ethyl adjacent to an activating group) is 1. The number of hydrogen-bond acceptors (Lipinski definition) is 4. The molecule has 0 atom stereocenters. The summed E-state index contributed by atoms with van der Waals surface area (Å²) in [5.74, 6) is -0.961. The minimum Gasteiger partial charge on any atom is -0.481 e. The van der Waals surface area contributed by atoms with E-state index in [1.807, 2.05) is 19.0 Å². The van der Waals surface area contributed by atoms with Crippen LogP contribution in [-0.2, 0) is 4.79 Å². The van der Waals surface area contributed by atoms with Crippen LogP contribution >= 0.6 is 0 Å². The lowest BCUT2D eigenvalue weighted by molar-refractivity contribution is -0.137. The van der Waals surface area contributed by atoms with Gasteiger partial charge in [-0.25, -0.2) is 0 Å². The molecule has 74 valence electrons. The second-order valence-electron chi connectivity index (χ2n) is 2.39. The molecule has 3 N–H and O–H groups in total. The molecule has 0 aliphatic rings. The average molecular weight is 179 g/mol. The number of rotatable bonds is 4. The molecule has 0 fully saturated rings. The molecule has 0 aromatic heterocycles. The van der Waals surface area contributed by atoms with Gasteiger partial charge in [0.1, 0.15) is 0 Å². The van der Waals surface area contributed by atoms with Gasteiger partial charge in [0, 0.05) is 6.54 Å². The predicted octanol–water partition coefficient (Wildman–Crippen LogP) is -1.01. The molecule has 12 heavy (non-hydrogen) atoms. The third-order valence-electron chi connectivity index (χ3n) is 0.873. The molecular formula is C7H17NO4. The van der Waals surface area contributed by atoms with E-state index in [4.69, 9.17) is 15.3 Å². The zero-order valence-corrected chi connectivity index (χ0v) is 7.53. The van der Waals surface area contributed by atoms with Gasteiger partial charge in [0.2, 0.25) is 0 Å². The normalized spacial score (nSPS) is 9.08. The summed E-state index contributed by atoms with van der Waals surface area (Å²) in [5, 5.41) is 23.8. The highest BCUT2D eigenvalue weighted by molar-refractivity contribution is 5.66. The lowest BCUT2D eigenvalue weighted by Gasteiger charge is -2.03. The molecule has 0 aromatic carbocycles. The summed E-state index contributed by atoms with van der Waals surface area (Å²) < 4.78 is 0. The van der Waals surface area contributed by atoms with Crippen molar-refractivity contribution in [1.29, 1.82) is 0 Å². The predicted molar refractivity (Wildman–Crippen MR) is 45.0 cm³/mol. The average Bonchev–Trinajstić information content (AvgIpc) is 1.87. The summed E-state index contributed by atoms with van der Waals surface area (Å²) in [6, 6.07) is 0. The topological polar surface area (TPSA) is 81.0 Å². The van der Waals surface area contributed by atoms with Crippen LogP contribution in [0.4, 0.5) is 0 Å². The highest BCUT2D eigenvalue weighted by Crippen LogP contribution is 1.70. The first kappa shape index (κ1) is 13.9. The van der Waals surface area contributed by atoms with Gasteiger partial charge in [0.05, 0.1) is 19.6 Å². The molecule has 0 amide bonds. The second-order valence-corrected chi connectivity index (χ2v) is 2.39. The number of carboxylic acids is 1. The summed E-state index contributed by atoms with van der Waals surface area (Å²) in [5.41, 5.74) is 0. The first-order valence-electron chi connectivity index (χ1n) is 3.62. The van der Waals surface area contributed by atoms with Crippen LogP contribution in [-0.4, -0.2) is 60.0 Å². The Labute approximate surface area is 72.2 Å². The van der Waals surface area contributed by atoms with Crippen molar-refractivity contribution in [1.82, 2.24) is 4.90 Å². The van der Waals surface area contributed by atoms with Gasteiger partial charge in [0.25, 0.3) is 0 Å². The van der Waals surface area contributed by atoms with Crippen LogP contribution in [0.5, 0.6) is 0 Å². The Morgan fingerprint density at radius 2 is 1.75 bits per heavy atom. The highest BCUT2D eigenvalue weighted by Gasteiger charge is 1.88. The van der Waals surface area contributed by atoms with Crippen molar-refractivity contribution in [2.24, 2.45) is 0 Å². The smallest absolute Gasteiger partial charge is 0.305 e. The van der Waals surface area contributed by atoms with Crippen molar-refractivity contribution in [2.75, 3.05) is 33.9 Å². The Morgan fingerprint density at radius 3 is 1.75 bits per heavy atom. The number of nitrogens with zero attached hydrogens (tertiary/aromatic N) is 1. The van der Waals surface area contributed by atoms with E-state index < -0.39 is 5.97 Å². The van der Waals surface area contributed by atoms with Crippen molar-refractivity contribution >= 4 is 5.97 Å². The Bertz CT molecular complexity index is 106. The largest absolute Gasteiger partial charge is 0.481 e. The van der Waals surface area contributed by atoms with E-state index in [1.54, 1.807) is 0 Å². The van der Waals surface area contributed by atoms with Gasteiger partial charge in [-0.3, -0.25) is 4.79 Å². The molecule has 0 rings (SSSR count). The van der Waals surface area contributed by atoms with Gasteiger partial charge in [-0.2, -0.15) is 0 Å². The lowest BCUT2D eigenvalue weighted by Crippen LogP contribution is -2.15. The summed E-state index contributed by atoms with van der Waals surface area (Å²) in [6.07, 6.45) is -0.153. The van der Waals surface area contributed by atoms with Crippen molar-refractivity contribution in [2.45, 2.75) is 6.42 Å². The minimum absolute atomic E-state index is 0.153. The van der Waals surface area contributed by atoms with Crippen LogP contribution in [0.25, 0.3) is 0 Å². The Hall–Kier alpha value is -0.650. The number of carbonyl (C=O) groups is 1. The lowest BCUT2D eigenvalue weighted by atomic mass is 10.5. The number of carboxylic acid groups (broad SMARTS) is 1. The minimum atomic E-state index is -0.961. The van der Waals surface area contributed by atoms with E-state index in [2.05, 4.69) is 0 Å². The fourth-order valence-electron chi connectivity index (χ4n) is 0.296. The maximum Gasteiger partial charge on any atom is 0.305 e. The highest BCUT2D eigenvalue weighted by atomic mass is 16.4. The first-order chi connectivity index (χ1) is 5.54. The molecule has 0 saturated carbocycles. The van der Waals surface area contributed by atoms with Gasteiger partial charge in [-0.15, -0.1) is 0 Å². The monoisotopic (exact) mass is 179 g/mol. The molecule has 0 radical (unpaired) electrons. The maximum atomic E-state index is 9.44. The number of aliphatic hydroxyl groups is 2. The molecular weight excluding hydrogens is 162 g/mol. The second kappa shape index (κ2) is 10.3. The van der Waals surface area contributed by atoms with Crippen LogP contribution < -0.4 is 0 Å². The fraction of sp³-hybridized carbons (Fsp3) is 0.857. The van der Waals surface area contributed by atoms with Crippen LogP contribution in [0.2, 0.25) is 0 Å². The Balaban J connectivity index is 0. The zero-order chi connectivity index (χ0) is 9.98. The van der Waals surface area contributed by atoms with E-state index in [-0.39, 0.29) is 19.6 Å². The molecule has 0 bridgehead atoms. The van der Waals surface area contributed by atoms with Crippen molar-refractivity contribution in [3.05, 3.63) is 0 Å². The van der Waals surface area contributed by atoms with Crippen LogP contribution in [0, 0.1) is 0 Å². The van der Waals surface area contributed by atoms with E-state index in [9.17, 15) is 4.79 Å². The van der Waals surface area contributed by atoms with Gasteiger partial charge in [0.15, 0.2) is 0 Å². The van der Waals surface area contributed by atoms with Crippen molar-refractivity contribution in [3.63, 3.8) is 0 Å².